The van der Waals surface area contributed by atoms with Gasteiger partial charge in [0.25, 0.3) is 0 Å². The predicted molar refractivity (Wildman–Crippen MR) is 72.1 cm³/mol. The molecule has 0 aliphatic rings. The maximum Gasteiger partial charge on any atom is 0.324 e. The molecule has 5 nitrogen and oxygen atoms in total. The highest BCUT2D eigenvalue weighted by Gasteiger charge is 2.39. The molecule has 0 aliphatic carbocycles. The number of rotatable bonds is 5. The highest BCUT2D eigenvalue weighted by atomic mass is 16.5. The van der Waals surface area contributed by atoms with Gasteiger partial charge < -0.3 is 15.8 Å². The zero-order valence-corrected chi connectivity index (χ0v) is 11.5. The summed E-state index contributed by atoms with van der Waals surface area (Å²) in [6, 6.07) is 8.29. The highest BCUT2D eigenvalue weighted by Crippen LogP contribution is 2.20. The van der Waals surface area contributed by atoms with E-state index in [1.54, 1.807) is 13.8 Å². The highest BCUT2D eigenvalue weighted by molar-refractivity contribution is 5.89. The number of hydrogen-bond acceptors (Lipinski definition) is 4. The molecule has 0 fully saturated rings. The van der Waals surface area contributed by atoms with E-state index in [4.69, 9.17) is 10.5 Å². The van der Waals surface area contributed by atoms with Gasteiger partial charge in [-0.1, -0.05) is 30.3 Å². The number of nitrogens with one attached hydrogen (secondary N) is 1. The van der Waals surface area contributed by atoms with Crippen LogP contribution < -0.4 is 11.1 Å². The topological polar surface area (TPSA) is 81.4 Å². The van der Waals surface area contributed by atoms with E-state index in [0.717, 1.165) is 5.56 Å². The molecular weight excluding hydrogens is 244 g/mol. The lowest BCUT2D eigenvalue weighted by Gasteiger charge is -2.27. The van der Waals surface area contributed by atoms with Crippen molar-refractivity contribution in [2.24, 2.45) is 11.1 Å². The number of amides is 1. The van der Waals surface area contributed by atoms with E-state index in [1.165, 1.54) is 7.05 Å². The van der Waals surface area contributed by atoms with Crippen molar-refractivity contribution in [1.29, 1.82) is 0 Å². The van der Waals surface area contributed by atoms with Crippen LogP contribution in [-0.2, 0) is 20.9 Å². The molecule has 104 valence electrons. The monoisotopic (exact) mass is 264 g/mol. The number of ether oxygens (including phenoxy) is 1. The van der Waals surface area contributed by atoms with Gasteiger partial charge in [0.05, 0.1) is 5.41 Å². The Kier molecular flexibility index (Phi) is 5.06. The molecule has 1 amide bonds. The summed E-state index contributed by atoms with van der Waals surface area (Å²) in [4.78, 5) is 23.5. The Bertz CT molecular complexity index is 443. The fourth-order valence-electron chi connectivity index (χ4n) is 1.58. The van der Waals surface area contributed by atoms with Crippen LogP contribution >= 0.6 is 0 Å². The van der Waals surface area contributed by atoms with Crippen LogP contribution in [0.5, 0.6) is 0 Å². The van der Waals surface area contributed by atoms with Crippen molar-refractivity contribution in [1.82, 2.24) is 5.32 Å². The Hall–Kier alpha value is -1.88. The summed E-state index contributed by atoms with van der Waals surface area (Å²) < 4.78 is 5.13. The molecule has 0 saturated heterocycles. The number of nitrogens with two attached hydrogens (primary N) is 1. The molecule has 1 atom stereocenters. The van der Waals surface area contributed by atoms with Crippen molar-refractivity contribution in [3.05, 3.63) is 35.9 Å². The van der Waals surface area contributed by atoms with Gasteiger partial charge in [0, 0.05) is 7.05 Å². The molecule has 0 heterocycles. The molecule has 0 radical (unpaired) electrons. The van der Waals surface area contributed by atoms with Gasteiger partial charge in [0.2, 0.25) is 5.91 Å². The van der Waals surface area contributed by atoms with Crippen LogP contribution in [0.3, 0.4) is 0 Å². The SMILES string of the molecule is CNC(=O)C(C)(C)C(N)C(=O)OCc1ccccc1. The first-order chi connectivity index (χ1) is 8.89. The quantitative estimate of drug-likeness (QED) is 0.772. The Balaban J connectivity index is 2.61. The van der Waals surface area contributed by atoms with E-state index in [1.807, 2.05) is 30.3 Å². The zero-order valence-electron chi connectivity index (χ0n) is 11.5. The first-order valence-electron chi connectivity index (χ1n) is 6.08. The summed E-state index contributed by atoms with van der Waals surface area (Å²) in [5, 5.41) is 2.49. The Labute approximate surface area is 113 Å². The molecule has 3 N–H and O–H groups in total. The van der Waals surface area contributed by atoms with Crippen LogP contribution in [0.2, 0.25) is 0 Å². The van der Waals surface area contributed by atoms with E-state index in [-0.39, 0.29) is 12.5 Å². The summed E-state index contributed by atoms with van der Waals surface area (Å²) in [6.07, 6.45) is 0. The number of benzene rings is 1. The lowest BCUT2D eigenvalue weighted by Crippen LogP contribution is -2.52. The minimum atomic E-state index is -1.01. The van der Waals surface area contributed by atoms with Gasteiger partial charge in [-0.25, -0.2) is 0 Å². The molecule has 0 aliphatic heterocycles. The number of carbonyl (C=O) groups excluding carboxylic acids is 2. The fraction of sp³-hybridized carbons (Fsp3) is 0.429. The van der Waals surface area contributed by atoms with Gasteiger partial charge in [-0.05, 0) is 19.4 Å². The van der Waals surface area contributed by atoms with Crippen molar-refractivity contribution in [2.45, 2.75) is 26.5 Å². The van der Waals surface area contributed by atoms with Gasteiger partial charge in [0.1, 0.15) is 12.6 Å². The number of esters is 1. The molecule has 19 heavy (non-hydrogen) atoms. The van der Waals surface area contributed by atoms with Crippen molar-refractivity contribution in [2.75, 3.05) is 7.05 Å². The average Bonchev–Trinajstić information content (AvgIpc) is 2.43. The fourth-order valence-corrected chi connectivity index (χ4v) is 1.58. The average molecular weight is 264 g/mol. The molecule has 1 unspecified atom stereocenters. The molecule has 0 spiro atoms. The summed E-state index contributed by atoms with van der Waals surface area (Å²) in [5.74, 6) is -0.880. The third-order valence-corrected chi connectivity index (χ3v) is 3.07. The van der Waals surface area contributed by atoms with E-state index in [9.17, 15) is 9.59 Å². The van der Waals surface area contributed by atoms with Gasteiger partial charge in [0.15, 0.2) is 0 Å². The van der Waals surface area contributed by atoms with Crippen LogP contribution in [0.1, 0.15) is 19.4 Å². The second kappa shape index (κ2) is 6.33. The maximum atomic E-state index is 11.9. The van der Waals surface area contributed by atoms with E-state index in [2.05, 4.69) is 5.32 Å². The smallest absolute Gasteiger partial charge is 0.324 e. The Morgan fingerprint density at radius 1 is 1.32 bits per heavy atom. The van der Waals surface area contributed by atoms with Crippen LogP contribution in [0.15, 0.2) is 30.3 Å². The van der Waals surface area contributed by atoms with Gasteiger partial charge in [-0.15, -0.1) is 0 Å². The number of hydrogen-bond donors (Lipinski definition) is 2. The van der Waals surface area contributed by atoms with Crippen LogP contribution in [0.4, 0.5) is 0 Å². The Morgan fingerprint density at radius 2 is 1.89 bits per heavy atom. The molecule has 0 bridgehead atoms. The standard InChI is InChI=1S/C14H20N2O3/c1-14(2,13(18)16-3)11(15)12(17)19-9-10-7-5-4-6-8-10/h4-8,11H,9,15H2,1-3H3,(H,16,18). The van der Waals surface area contributed by atoms with Crippen molar-refractivity contribution in [3.8, 4) is 0 Å². The summed E-state index contributed by atoms with van der Waals surface area (Å²) in [6.45, 7) is 3.37. The minimum Gasteiger partial charge on any atom is -0.460 e. The normalized spacial score (nSPS) is 12.6. The maximum absolute atomic E-state index is 11.9. The molecule has 5 heteroatoms. The van der Waals surface area contributed by atoms with Crippen LogP contribution in [0.25, 0.3) is 0 Å². The molecular formula is C14H20N2O3. The lowest BCUT2D eigenvalue weighted by molar-refractivity contribution is -0.152. The number of carbonyl (C=O) groups is 2. The third-order valence-electron chi connectivity index (χ3n) is 3.07. The van der Waals surface area contributed by atoms with Crippen LogP contribution in [-0.4, -0.2) is 25.0 Å². The van der Waals surface area contributed by atoms with E-state index in [0.29, 0.717) is 0 Å². The third kappa shape index (κ3) is 3.79. The second-order valence-corrected chi connectivity index (χ2v) is 4.87. The van der Waals surface area contributed by atoms with E-state index >= 15 is 0 Å². The van der Waals surface area contributed by atoms with Crippen molar-refractivity contribution in [3.63, 3.8) is 0 Å². The van der Waals surface area contributed by atoms with Crippen LogP contribution in [0, 0.1) is 5.41 Å². The van der Waals surface area contributed by atoms with Crippen molar-refractivity contribution < 1.29 is 14.3 Å². The zero-order chi connectivity index (χ0) is 14.5. The second-order valence-electron chi connectivity index (χ2n) is 4.87. The molecule has 1 aromatic carbocycles. The van der Waals surface area contributed by atoms with Gasteiger partial charge >= 0.3 is 5.97 Å². The molecule has 1 aromatic rings. The molecule has 1 rings (SSSR count). The van der Waals surface area contributed by atoms with Gasteiger partial charge in [-0.2, -0.15) is 0 Å². The van der Waals surface area contributed by atoms with Crippen molar-refractivity contribution >= 4 is 11.9 Å². The summed E-state index contributed by atoms with van der Waals surface area (Å²) >= 11 is 0. The predicted octanol–water partition coefficient (Wildman–Crippen LogP) is 0.829. The molecule has 0 saturated carbocycles. The molecule has 0 aromatic heterocycles. The first kappa shape index (κ1) is 15.2. The Morgan fingerprint density at radius 3 is 2.42 bits per heavy atom. The summed E-state index contributed by atoms with van der Waals surface area (Å²) in [7, 11) is 1.51. The largest absolute Gasteiger partial charge is 0.460 e. The first-order valence-corrected chi connectivity index (χ1v) is 6.08. The summed E-state index contributed by atoms with van der Waals surface area (Å²) in [5.41, 5.74) is 5.66. The lowest BCUT2D eigenvalue weighted by atomic mass is 9.84. The van der Waals surface area contributed by atoms with Gasteiger partial charge in [-0.3, -0.25) is 9.59 Å². The minimum absolute atomic E-state index is 0.150. The van der Waals surface area contributed by atoms with E-state index < -0.39 is 17.4 Å².